The van der Waals surface area contributed by atoms with E-state index in [1.807, 2.05) is 12.1 Å². The molecule has 7 nitrogen and oxygen atoms in total. The van der Waals surface area contributed by atoms with Crippen LogP contribution in [0.3, 0.4) is 0 Å². The van der Waals surface area contributed by atoms with Gasteiger partial charge in [0, 0.05) is 20.5 Å². The Hall–Kier alpha value is -1.38. The van der Waals surface area contributed by atoms with Crippen molar-refractivity contribution in [1.29, 1.82) is 0 Å². The summed E-state index contributed by atoms with van der Waals surface area (Å²) in [6.07, 6.45) is 3.30. The van der Waals surface area contributed by atoms with Crippen LogP contribution in [0.5, 0.6) is 0 Å². The number of furan rings is 1. The van der Waals surface area contributed by atoms with Gasteiger partial charge < -0.3 is 9.73 Å². The lowest BCUT2D eigenvalue weighted by Gasteiger charge is -2.31. The SMILES string of the molecule is CC(=O)NCC1CCN(Cc2ccc(CN(C)S(C)(=O)=O)o2)CC1. The largest absolute Gasteiger partial charge is 0.463 e. The number of amides is 1. The molecule has 0 saturated carbocycles. The number of nitrogens with one attached hydrogen (secondary N) is 1. The standard InChI is InChI=1S/C16H27N3O4S/c1-13(20)17-10-14-6-8-19(9-7-14)12-16-5-4-15(23-16)11-18(2)24(3,21)22/h4-5,14H,6-12H2,1-3H3,(H,17,20). The van der Waals surface area contributed by atoms with Gasteiger partial charge in [0.2, 0.25) is 15.9 Å². The molecule has 1 saturated heterocycles. The van der Waals surface area contributed by atoms with Crippen LogP contribution in [-0.2, 0) is 27.9 Å². The summed E-state index contributed by atoms with van der Waals surface area (Å²) in [6, 6.07) is 3.75. The second-order valence-electron chi connectivity index (χ2n) is 6.54. The van der Waals surface area contributed by atoms with E-state index in [1.54, 1.807) is 6.92 Å². The Kier molecular flexibility index (Phi) is 6.42. The van der Waals surface area contributed by atoms with Crippen molar-refractivity contribution in [3.8, 4) is 0 Å². The molecule has 0 bridgehead atoms. The highest BCUT2D eigenvalue weighted by Crippen LogP contribution is 2.20. The van der Waals surface area contributed by atoms with Crippen LogP contribution in [0.1, 0.15) is 31.3 Å². The number of piperidine rings is 1. The first-order valence-electron chi connectivity index (χ1n) is 8.19. The first-order valence-corrected chi connectivity index (χ1v) is 10.0. The van der Waals surface area contributed by atoms with E-state index in [1.165, 1.54) is 17.6 Å². The molecule has 8 heteroatoms. The van der Waals surface area contributed by atoms with Gasteiger partial charge in [-0.05, 0) is 44.0 Å². The molecule has 1 N–H and O–H groups in total. The summed E-state index contributed by atoms with van der Waals surface area (Å²) in [5.41, 5.74) is 0. The molecule has 0 radical (unpaired) electrons. The molecule has 0 aliphatic carbocycles. The maximum Gasteiger partial charge on any atom is 0.216 e. The minimum atomic E-state index is -3.20. The number of hydrogen-bond donors (Lipinski definition) is 1. The Morgan fingerprint density at radius 2 is 1.96 bits per heavy atom. The van der Waals surface area contributed by atoms with Gasteiger partial charge in [-0.2, -0.15) is 4.31 Å². The smallest absolute Gasteiger partial charge is 0.216 e. The quantitative estimate of drug-likeness (QED) is 0.788. The number of likely N-dealkylation sites (tertiary alicyclic amines) is 1. The average molecular weight is 357 g/mol. The molecule has 136 valence electrons. The van der Waals surface area contributed by atoms with Crippen LogP contribution in [0.25, 0.3) is 0 Å². The molecule has 1 aliphatic rings. The van der Waals surface area contributed by atoms with Gasteiger partial charge in [0.25, 0.3) is 0 Å². The fourth-order valence-electron chi connectivity index (χ4n) is 2.79. The van der Waals surface area contributed by atoms with Crippen molar-refractivity contribution < 1.29 is 17.6 Å². The van der Waals surface area contributed by atoms with Crippen molar-refractivity contribution in [2.24, 2.45) is 5.92 Å². The summed E-state index contributed by atoms with van der Waals surface area (Å²) in [7, 11) is -1.66. The lowest BCUT2D eigenvalue weighted by Crippen LogP contribution is -2.37. The lowest BCUT2D eigenvalue weighted by atomic mass is 9.97. The Balaban J connectivity index is 1.78. The average Bonchev–Trinajstić information content (AvgIpc) is 2.92. The normalized spacial score (nSPS) is 17.3. The Morgan fingerprint density at radius 1 is 1.33 bits per heavy atom. The van der Waals surface area contributed by atoms with E-state index in [4.69, 9.17) is 4.42 Å². The predicted octanol–water partition coefficient (Wildman–Crippen LogP) is 1.02. The van der Waals surface area contributed by atoms with Crippen LogP contribution in [0.2, 0.25) is 0 Å². The number of carbonyl (C=O) groups excluding carboxylic acids is 1. The summed E-state index contributed by atoms with van der Waals surface area (Å²) in [6.45, 7) is 5.23. The molecule has 1 aromatic rings. The van der Waals surface area contributed by atoms with E-state index >= 15 is 0 Å². The number of carbonyl (C=O) groups is 1. The molecule has 1 aromatic heterocycles. The Morgan fingerprint density at radius 3 is 2.54 bits per heavy atom. The van der Waals surface area contributed by atoms with Gasteiger partial charge in [0.1, 0.15) is 11.5 Å². The van der Waals surface area contributed by atoms with Crippen LogP contribution in [0.4, 0.5) is 0 Å². The monoisotopic (exact) mass is 357 g/mol. The predicted molar refractivity (Wildman–Crippen MR) is 91.7 cm³/mol. The van der Waals surface area contributed by atoms with E-state index in [9.17, 15) is 13.2 Å². The summed E-state index contributed by atoms with van der Waals surface area (Å²) in [5, 5.41) is 2.88. The molecule has 2 rings (SSSR count). The van der Waals surface area contributed by atoms with Gasteiger partial charge >= 0.3 is 0 Å². The highest BCUT2D eigenvalue weighted by Gasteiger charge is 2.20. The molecule has 2 heterocycles. The maximum absolute atomic E-state index is 11.4. The van der Waals surface area contributed by atoms with Crippen molar-refractivity contribution in [3.05, 3.63) is 23.7 Å². The fraction of sp³-hybridized carbons (Fsp3) is 0.688. The van der Waals surface area contributed by atoms with Crippen molar-refractivity contribution in [2.45, 2.75) is 32.9 Å². The summed E-state index contributed by atoms with van der Waals surface area (Å²) < 4.78 is 29.9. The Labute approximate surface area is 144 Å². The van der Waals surface area contributed by atoms with Crippen LogP contribution >= 0.6 is 0 Å². The number of sulfonamides is 1. The highest BCUT2D eigenvalue weighted by molar-refractivity contribution is 7.88. The number of nitrogens with zero attached hydrogens (tertiary/aromatic N) is 2. The molecular formula is C16H27N3O4S. The van der Waals surface area contributed by atoms with Crippen LogP contribution in [0.15, 0.2) is 16.5 Å². The van der Waals surface area contributed by atoms with Crippen LogP contribution < -0.4 is 5.32 Å². The second kappa shape index (κ2) is 8.13. The minimum Gasteiger partial charge on any atom is -0.463 e. The number of rotatable bonds is 7. The van der Waals surface area contributed by atoms with E-state index in [-0.39, 0.29) is 12.5 Å². The van der Waals surface area contributed by atoms with Crippen molar-refractivity contribution in [1.82, 2.24) is 14.5 Å². The van der Waals surface area contributed by atoms with Crippen molar-refractivity contribution >= 4 is 15.9 Å². The van der Waals surface area contributed by atoms with Gasteiger partial charge in [0.15, 0.2) is 0 Å². The second-order valence-corrected chi connectivity index (χ2v) is 8.63. The molecule has 0 aromatic carbocycles. The van der Waals surface area contributed by atoms with Gasteiger partial charge in [-0.15, -0.1) is 0 Å². The third-order valence-electron chi connectivity index (χ3n) is 4.39. The topological polar surface area (TPSA) is 82.9 Å². The molecule has 1 fully saturated rings. The van der Waals surface area contributed by atoms with E-state index < -0.39 is 10.0 Å². The zero-order chi connectivity index (χ0) is 17.7. The highest BCUT2D eigenvalue weighted by atomic mass is 32.2. The summed E-state index contributed by atoms with van der Waals surface area (Å²) in [5.74, 6) is 2.08. The maximum atomic E-state index is 11.4. The zero-order valence-corrected chi connectivity index (χ0v) is 15.4. The van der Waals surface area contributed by atoms with Gasteiger partial charge in [-0.25, -0.2) is 8.42 Å². The van der Waals surface area contributed by atoms with E-state index in [0.29, 0.717) is 11.7 Å². The zero-order valence-electron chi connectivity index (χ0n) is 14.6. The van der Waals surface area contributed by atoms with E-state index in [2.05, 4.69) is 10.2 Å². The van der Waals surface area contributed by atoms with Gasteiger partial charge in [0.05, 0.1) is 19.3 Å². The van der Waals surface area contributed by atoms with Gasteiger partial charge in [-0.3, -0.25) is 9.69 Å². The van der Waals surface area contributed by atoms with Crippen LogP contribution in [0, 0.1) is 5.92 Å². The third-order valence-corrected chi connectivity index (χ3v) is 5.65. The van der Waals surface area contributed by atoms with Crippen molar-refractivity contribution in [2.75, 3.05) is 32.9 Å². The minimum absolute atomic E-state index is 0.0274. The molecule has 0 unspecified atom stereocenters. The first kappa shape index (κ1) is 19.0. The van der Waals surface area contributed by atoms with Crippen LogP contribution in [-0.4, -0.2) is 56.5 Å². The molecule has 1 amide bonds. The summed E-state index contributed by atoms with van der Waals surface area (Å²) in [4.78, 5) is 13.3. The van der Waals surface area contributed by atoms with E-state index in [0.717, 1.165) is 44.8 Å². The third kappa shape index (κ3) is 5.92. The van der Waals surface area contributed by atoms with Gasteiger partial charge in [-0.1, -0.05) is 0 Å². The molecular weight excluding hydrogens is 330 g/mol. The van der Waals surface area contributed by atoms with Crippen molar-refractivity contribution in [3.63, 3.8) is 0 Å². The number of hydrogen-bond acceptors (Lipinski definition) is 5. The lowest BCUT2D eigenvalue weighted by molar-refractivity contribution is -0.119. The molecule has 0 spiro atoms. The molecule has 24 heavy (non-hydrogen) atoms. The first-order chi connectivity index (χ1) is 11.2. The summed E-state index contributed by atoms with van der Waals surface area (Å²) >= 11 is 0. The molecule has 1 aliphatic heterocycles. The molecule has 0 atom stereocenters. The fourth-order valence-corrected chi connectivity index (χ4v) is 3.15. The Bertz CT molecular complexity index is 648.